The maximum atomic E-state index is 2.99. The molecule has 0 saturated heterocycles. The van der Waals surface area contributed by atoms with Crippen molar-refractivity contribution in [2.45, 2.75) is 6.42 Å². The van der Waals surface area contributed by atoms with Gasteiger partial charge >= 0.3 is 21.7 Å². The summed E-state index contributed by atoms with van der Waals surface area (Å²) in [5.41, 5.74) is 1.29. The molecule has 111 valence electrons. The predicted molar refractivity (Wildman–Crippen MR) is 70.0 cm³/mol. The van der Waals surface area contributed by atoms with Crippen LogP contribution in [0.15, 0.2) is 48.6 Å². The van der Waals surface area contributed by atoms with Crippen LogP contribution in [0.25, 0.3) is 0 Å². The van der Waals surface area contributed by atoms with Crippen molar-refractivity contribution in [3.63, 3.8) is 0 Å². The Bertz CT molecular complexity index is 330. The van der Waals surface area contributed by atoms with Crippen LogP contribution < -0.4 is 37.2 Å². The molecule has 0 aromatic heterocycles. The van der Waals surface area contributed by atoms with E-state index in [9.17, 15) is 0 Å². The van der Waals surface area contributed by atoms with Gasteiger partial charge in [-0.05, 0) is 20.6 Å². The maximum Gasteiger partial charge on any atom is 3.00 e. The van der Waals surface area contributed by atoms with Gasteiger partial charge in [0.05, 0.1) is 0 Å². The van der Waals surface area contributed by atoms with E-state index in [0.29, 0.717) is 0 Å². The van der Waals surface area contributed by atoms with Gasteiger partial charge in [0.1, 0.15) is 0 Å². The van der Waals surface area contributed by atoms with E-state index >= 15 is 0 Å². The van der Waals surface area contributed by atoms with Crippen molar-refractivity contribution in [1.29, 1.82) is 0 Å². The Kier molecular flexibility index (Phi) is 27.0. The summed E-state index contributed by atoms with van der Waals surface area (Å²) in [6.07, 6.45) is 12.2. The fourth-order valence-corrected chi connectivity index (χ4v) is 1.22. The Labute approximate surface area is 157 Å². The SMILES string of the molecule is CN(C)C[CH-]c1ccccc1.[C-]1=CC=CC1.[Cl-].[Cl-].[Cl-].[Ti+3]. The molecule has 5 heteroatoms. The largest absolute Gasteiger partial charge is 3.00 e. The van der Waals surface area contributed by atoms with E-state index in [2.05, 4.69) is 61.8 Å². The first-order valence-electron chi connectivity index (χ1n) is 5.54. The number of benzene rings is 1. The van der Waals surface area contributed by atoms with Crippen LogP contribution in [-0.4, -0.2) is 25.5 Å². The summed E-state index contributed by atoms with van der Waals surface area (Å²) in [5, 5.41) is 0. The third-order valence-corrected chi connectivity index (χ3v) is 2.08. The summed E-state index contributed by atoms with van der Waals surface area (Å²) in [4.78, 5) is 2.15. The first-order chi connectivity index (χ1) is 7.79. The quantitative estimate of drug-likeness (QED) is 0.380. The number of hydrogen-bond donors (Lipinski definition) is 0. The minimum Gasteiger partial charge on any atom is -1.00 e. The monoisotopic (exact) mass is 366 g/mol. The normalized spacial score (nSPS) is 9.95. The fourth-order valence-electron chi connectivity index (χ4n) is 1.22. The van der Waals surface area contributed by atoms with Crippen molar-refractivity contribution in [2.24, 2.45) is 0 Å². The van der Waals surface area contributed by atoms with E-state index in [0.717, 1.165) is 13.0 Å². The Balaban J connectivity index is -0.000000124. The molecule has 0 spiro atoms. The van der Waals surface area contributed by atoms with Gasteiger partial charge in [-0.1, -0.05) is 6.07 Å². The Hall–Kier alpha value is 0.114. The molecule has 0 aliphatic heterocycles. The van der Waals surface area contributed by atoms with Crippen molar-refractivity contribution >= 4 is 0 Å². The van der Waals surface area contributed by atoms with Gasteiger partial charge < -0.3 is 42.1 Å². The van der Waals surface area contributed by atoms with Crippen molar-refractivity contribution in [2.75, 3.05) is 20.6 Å². The second-order valence-electron chi connectivity index (χ2n) is 3.88. The summed E-state index contributed by atoms with van der Waals surface area (Å²) >= 11 is 0. The summed E-state index contributed by atoms with van der Waals surface area (Å²) in [6.45, 7) is 1.00. The van der Waals surface area contributed by atoms with Gasteiger partial charge in [0.15, 0.2) is 0 Å². The molecule has 1 aromatic carbocycles. The Morgan fingerprint density at radius 3 is 2.05 bits per heavy atom. The number of halogens is 3. The van der Waals surface area contributed by atoms with E-state index in [4.69, 9.17) is 0 Å². The first kappa shape index (κ1) is 28.3. The number of hydrogen-bond acceptors (Lipinski definition) is 1. The van der Waals surface area contributed by atoms with Crippen LogP contribution in [0.3, 0.4) is 0 Å². The maximum absolute atomic E-state index is 2.99. The smallest absolute Gasteiger partial charge is 1.00 e. The third kappa shape index (κ3) is 16.2. The van der Waals surface area contributed by atoms with Gasteiger partial charge in [0, 0.05) is 0 Å². The molecule has 1 aliphatic carbocycles. The molecule has 0 unspecified atom stereocenters. The van der Waals surface area contributed by atoms with Crippen molar-refractivity contribution < 1.29 is 58.9 Å². The van der Waals surface area contributed by atoms with E-state index in [1.54, 1.807) is 0 Å². The van der Waals surface area contributed by atoms with E-state index in [1.165, 1.54) is 5.56 Å². The standard InChI is InChI=1S/C10H14N.C5H5.3ClH.Ti/c1-11(2)9-8-10-6-4-3-5-7-10;1-2-4-5-3-1;;;;/h3-8H,9H2,1-2H3;1-3H,4H2;3*1H;/q2*-1;;;;+3/p-3. The summed E-state index contributed by atoms with van der Waals surface area (Å²) < 4.78 is 0. The van der Waals surface area contributed by atoms with Crippen molar-refractivity contribution in [1.82, 2.24) is 4.90 Å². The zero-order valence-electron chi connectivity index (χ0n) is 11.7. The van der Waals surface area contributed by atoms with Crippen LogP contribution >= 0.6 is 0 Å². The molecule has 1 nitrogen and oxygen atoms in total. The number of rotatable bonds is 3. The number of likely N-dealkylation sites (N-methyl/N-ethyl adjacent to an activating group) is 1. The molecule has 2 rings (SSSR count). The van der Waals surface area contributed by atoms with E-state index in [-0.39, 0.29) is 58.9 Å². The average Bonchev–Trinajstić information content (AvgIpc) is 2.86. The molecule has 0 heterocycles. The van der Waals surface area contributed by atoms with Gasteiger partial charge in [0.2, 0.25) is 0 Å². The molecule has 20 heavy (non-hydrogen) atoms. The molecule has 0 saturated carbocycles. The Morgan fingerprint density at radius 1 is 1.10 bits per heavy atom. The predicted octanol–water partition coefficient (Wildman–Crippen LogP) is -5.88. The third-order valence-electron chi connectivity index (χ3n) is 2.08. The second kappa shape index (κ2) is 19.1. The minimum atomic E-state index is 0. The van der Waals surface area contributed by atoms with E-state index < -0.39 is 0 Å². The van der Waals surface area contributed by atoms with Crippen LogP contribution in [0, 0.1) is 12.5 Å². The van der Waals surface area contributed by atoms with Gasteiger partial charge in [-0.2, -0.15) is 30.2 Å². The average molecular weight is 368 g/mol. The zero-order chi connectivity index (χ0) is 11.6. The molecular formula is C15H19Cl3NTi-2. The minimum absolute atomic E-state index is 0. The first-order valence-corrected chi connectivity index (χ1v) is 5.54. The van der Waals surface area contributed by atoms with Crippen LogP contribution in [0.1, 0.15) is 12.0 Å². The van der Waals surface area contributed by atoms with Gasteiger partial charge in [-0.3, -0.25) is 6.08 Å². The number of nitrogens with zero attached hydrogens (tertiary/aromatic N) is 1. The fraction of sp³-hybridized carbons (Fsp3) is 0.267. The number of allylic oxidation sites excluding steroid dienone is 4. The van der Waals surface area contributed by atoms with Gasteiger partial charge in [0.25, 0.3) is 0 Å². The molecule has 0 N–H and O–H groups in total. The topological polar surface area (TPSA) is 3.24 Å². The molecule has 0 fully saturated rings. The molecule has 0 amide bonds. The van der Waals surface area contributed by atoms with Crippen LogP contribution in [-0.2, 0) is 21.7 Å². The molecular weight excluding hydrogens is 348 g/mol. The van der Waals surface area contributed by atoms with Crippen molar-refractivity contribution in [3.8, 4) is 0 Å². The van der Waals surface area contributed by atoms with Crippen LogP contribution in [0.5, 0.6) is 0 Å². The van der Waals surface area contributed by atoms with Gasteiger partial charge in [-0.25, -0.2) is 12.2 Å². The van der Waals surface area contributed by atoms with Crippen molar-refractivity contribution in [3.05, 3.63) is 66.6 Å². The van der Waals surface area contributed by atoms with Gasteiger partial charge in [-0.15, -0.1) is 18.6 Å². The summed E-state index contributed by atoms with van der Waals surface area (Å²) in [5.74, 6) is 0. The summed E-state index contributed by atoms with van der Waals surface area (Å²) in [7, 11) is 4.14. The molecule has 1 aromatic rings. The zero-order valence-corrected chi connectivity index (χ0v) is 15.5. The second-order valence-corrected chi connectivity index (χ2v) is 3.88. The molecule has 1 radical (unpaired) electrons. The van der Waals surface area contributed by atoms with Crippen LogP contribution in [0.4, 0.5) is 0 Å². The molecule has 0 atom stereocenters. The molecule has 1 aliphatic rings. The Morgan fingerprint density at radius 2 is 1.70 bits per heavy atom. The summed E-state index contributed by atoms with van der Waals surface area (Å²) in [6, 6.07) is 10.4. The van der Waals surface area contributed by atoms with E-state index in [1.807, 2.05) is 18.2 Å². The molecule has 0 bridgehead atoms. The van der Waals surface area contributed by atoms with Crippen LogP contribution in [0.2, 0.25) is 0 Å².